The van der Waals surface area contributed by atoms with Gasteiger partial charge in [0.1, 0.15) is 5.76 Å². The first-order valence-electron chi connectivity index (χ1n) is 8.83. The summed E-state index contributed by atoms with van der Waals surface area (Å²) in [4.78, 5) is 14.1. The molecule has 0 spiro atoms. The van der Waals surface area contributed by atoms with Crippen LogP contribution < -0.4 is 5.32 Å². The second-order valence-corrected chi connectivity index (χ2v) is 7.32. The highest BCUT2D eigenvalue weighted by atomic mass is 35.5. The van der Waals surface area contributed by atoms with Crippen molar-refractivity contribution < 1.29 is 14.4 Å². The zero-order valence-electron chi connectivity index (χ0n) is 14.8. The second kappa shape index (κ2) is 8.66. The number of carbonyl (C=O) groups excluding carboxylic acids is 1. The normalized spacial score (nSPS) is 20.4. The number of nitrogens with zero attached hydrogens (tertiary/aromatic N) is 2. The summed E-state index contributed by atoms with van der Waals surface area (Å²) < 4.78 is 5.23. The lowest BCUT2D eigenvalue weighted by atomic mass is 10.0. The van der Waals surface area contributed by atoms with Gasteiger partial charge in [-0.1, -0.05) is 28.9 Å². The maximum atomic E-state index is 12.1. The predicted molar refractivity (Wildman–Crippen MR) is 99.0 cm³/mol. The Kier molecular flexibility index (Phi) is 6.29. The van der Waals surface area contributed by atoms with Gasteiger partial charge in [-0.25, -0.2) is 0 Å². The van der Waals surface area contributed by atoms with Crippen LogP contribution in [0.3, 0.4) is 0 Å². The van der Waals surface area contributed by atoms with Crippen LogP contribution in [0.4, 0.5) is 0 Å². The molecule has 2 aromatic rings. The van der Waals surface area contributed by atoms with Crippen LogP contribution in [0.2, 0.25) is 5.02 Å². The third-order valence-electron chi connectivity index (χ3n) is 4.64. The topological polar surface area (TPSA) is 78.6 Å². The number of carbonyl (C=O) groups is 1. The van der Waals surface area contributed by atoms with Crippen molar-refractivity contribution in [3.63, 3.8) is 0 Å². The fourth-order valence-corrected chi connectivity index (χ4v) is 3.42. The first-order chi connectivity index (χ1) is 12.5. The molecular weight excluding hydrogens is 354 g/mol. The van der Waals surface area contributed by atoms with Crippen LogP contribution in [-0.2, 0) is 17.6 Å². The van der Waals surface area contributed by atoms with Crippen molar-refractivity contribution in [3.8, 4) is 0 Å². The summed E-state index contributed by atoms with van der Waals surface area (Å²) in [5, 5.41) is 17.8. The molecule has 2 atom stereocenters. The largest absolute Gasteiger partial charge is 0.391 e. The van der Waals surface area contributed by atoms with Crippen LogP contribution in [0.15, 0.2) is 34.9 Å². The molecule has 140 valence electrons. The fraction of sp³-hybridized carbons (Fsp3) is 0.474. The number of rotatable bonds is 7. The Labute approximate surface area is 158 Å². The highest BCUT2D eigenvalue weighted by Crippen LogP contribution is 2.21. The van der Waals surface area contributed by atoms with E-state index in [1.165, 1.54) is 0 Å². The Bertz CT molecular complexity index is 732. The molecule has 3 rings (SSSR count). The van der Waals surface area contributed by atoms with Crippen molar-refractivity contribution in [1.82, 2.24) is 15.4 Å². The number of aryl methyl sites for hydroxylation is 1. The number of aliphatic hydroxyl groups is 1. The van der Waals surface area contributed by atoms with Crippen molar-refractivity contribution in [2.75, 3.05) is 26.2 Å². The molecule has 0 aliphatic carbocycles. The third kappa shape index (κ3) is 5.30. The fourth-order valence-electron chi connectivity index (χ4n) is 3.30. The quantitative estimate of drug-likeness (QED) is 0.769. The van der Waals surface area contributed by atoms with E-state index in [9.17, 15) is 9.90 Å². The van der Waals surface area contributed by atoms with Crippen molar-refractivity contribution in [2.24, 2.45) is 5.92 Å². The van der Waals surface area contributed by atoms with Gasteiger partial charge in [0.15, 0.2) is 0 Å². The van der Waals surface area contributed by atoms with E-state index >= 15 is 0 Å². The average Bonchev–Trinajstić information content (AvgIpc) is 3.15. The molecule has 2 N–H and O–H groups in total. The van der Waals surface area contributed by atoms with E-state index < -0.39 is 6.10 Å². The summed E-state index contributed by atoms with van der Waals surface area (Å²) in [7, 11) is 0. The lowest BCUT2D eigenvalue weighted by molar-refractivity contribution is -0.122. The molecule has 0 bridgehead atoms. The van der Waals surface area contributed by atoms with Crippen LogP contribution >= 0.6 is 11.6 Å². The minimum atomic E-state index is -0.456. The van der Waals surface area contributed by atoms with Gasteiger partial charge in [-0.3, -0.25) is 9.69 Å². The van der Waals surface area contributed by atoms with E-state index in [0.717, 1.165) is 23.4 Å². The highest BCUT2D eigenvalue weighted by molar-refractivity contribution is 6.30. The van der Waals surface area contributed by atoms with Crippen molar-refractivity contribution in [1.29, 1.82) is 0 Å². The first-order valence-corrected chi connectivity index (χ1v) is 9.21. The third-order valence-corrected chi connectivity index (χ3v) is 4.89. The van der Waals surface area contributed by atoms with Crippen LogP contribution in [0.25, 0.3) is 0 Å². The lowest BCUT2D eigenvalue weighted by Gasteiger charge is -2.15. The van der Waals surface area contributed by atoms with Crippen LogP contribution in [-0.4, -0.2) is 53.4 Å². The summed E-state index contributed by atoms with van der Waals surface area (Å²) in [6.07, 6.45) is 0.942. The molecule has 1 aromatic heterocycles. The van der Waals surface area contributed by atoms with Crippen molar-refractivity contribution in [2.45, 2.75) is 25.9 Å². The van der Waals surface area contributed by atoms with E-state index in [2.05, 4.69) is 10.5 Å². The first kappa shape index (κ1) is 18.9. The van der Waals surface area contributed by atoms with Gasteiger partial charge < -0.3 is 14.9 Å². The number of amides is 1. The van der Waals surface area contributed by atoms with Crippen LogP contribution in [0.1, 0.15) is 17.0 Å². The van der Waals surface area contributed by atoms with E-state index in [0.29, 0.717) is 37.6 Å². The van der Waals surface area contributed by atoms with Gasteiger partial charge >= 0.3 is 0 Å². The Morgan fingerprint density at radius 2 is 2.15 bits per heavy atom. The zero-order chi connectivity index (χ0) is 18.5. The number of β-amino-alcohol motifs (C(OH)–C–C–N with tert-alkyl or cyclic N) is 1. The molecule has 2 heterocycles. The van der Waals surface area contributed by atoms with E-state index in [4.69, 9.17) is 16.1 Å². The molecule has 1 aliphatic heterocycles. The lowest BCUT2D eigenvalue weighted by Crippen LogP contribution is -2.37. The minimum absolute atomic E-state index is 0.0256. The SMILES string of the molecule is Cc1cc(C[C@@H]2CN(CC(=O)NCCc3ccc(Cl)cc3)C[C@@H]2O)on1. The summed E-state index contributed by atoms with van der Waals surface area (Å²) in [5.74, 6) is 0.812. The maximum Gasteiger partial charge on any atom is 0.234 e. The van der Waals surface area contributed by atoms with E-state index in [1.807, 2.05) is 42.2 Å². The Morgan fingerprint density at radius 1 is 1.38 bits per heavy atom. The standard InChI is InChI=1S/C19H24ClN3O3/c1-13-8-17(26-22-13)9-15-10-23(11-18(15)24)12-19(25)21-7-6-14-2-4-16(20)5-3-14/h2-5,8,15,18,24H,6-7,9-12H2,1H3,(H,21,25)/t15-,18+/m1/s1. The maximum absolute atomic E-state index is 12.1. The molecule has 1 saturated heterocycles. The Balaban J connectivity index is 1.39. The number of halogens is 1. The zero-order valence-corrected chi connectivity index (χ0v) is 15.6. The van der Waals surface area contributed by atoms with Gasteiger partial charge in [-0.15, -0.1) is 0 Å². The van der Waals surface area contributed by atoms with Gasteiger partial charge in [-0.2, -0.15) is 0 Å². The molecule has 0 unspecified atom stereocenters. The number of likely N-dealkylation sites (tertiary alicyclic amines) is 1. The second-order valence-electron chi connectivity index (χ2n) is 6.89. The van der Waals surface area contributed by atoms with Gasteiger partial charge in [0.25, 0.3) is 0 Å². The number of aliphatic hydroxyl groups excluding tert-OH is 1. The number of hydrogen-bond donors (Lipinski definition) is 2. The molecule has 6 nitrogen and oxygen atoms in total. The number of hydrogen-bond acceptors (Lipinski definition) is 5. The molecule has 26 heavy (non-hydrogen) atoms. The van der Waals surface area contributed by atoms with Crippen LogP contribution in [0.5, 0.6) is 0 Å². The Hall–Kier alpha value is -1.89. The molecule has 7 heteroatoms. The van der Waals surface area contributed by atoms with Gasteiger partial charge in [0.2, 0.25) is 5.91 Å². The van der Waals surface area contributed by atoms with Gasteiger partial charge in [0.05, 0.1) is 18.3 Å². The summed E-state index contributed by atoms with van der Waals surface area (Å²) in [5.41, 5.74) is 1.97. The number of aromatic nitrogens is 1. The van der Waals surface area contributed by atoms with Gasteiger partial charge in [-0.05, 0) is 31.0 Å². The average molecular weight is 378 g/mol. The molecule has 1 fully saturated rings. The number of nitrogens with one attached hydrogen (secondary N) is 1. The number of benzene rings is 1. The Morgan fingerprint density at radius 3 is 2.85 bits per heavy atom. The van der Waals surface area contributed by atoms with Crippen molar-refractivity contribution in [3.05, 3.63) is 52.4 Å². The molecule has 0 radical (unpaired) electrons. The van der Waals surface area contributed by atoms with E-state index in [1.54, 1.807) is 0 Å². The van der Waals surface area contributed by atoms with Gasteiger partial charge in [0, 0.05) is 43.1 Å². The molecule has 0 saturated carbocycles. The summed E-state index contributed by atoms with van der Waals surface area (Å²) >= 11 is 5.86. The molecule has 1 amide bonds. The molecular formula is C19H24ClN3O3. The highest BCUT2D eigenvalue weighted by Gasteiger charge is 2.32. The molecule has 1 aromatic carbocycles. The smallest absolute Gasteiger partial charge is 0.234 e. The monoisotopic (exact) mass is 377 g/mol. The minimum Gasteiger partial charge on any atom is -0.391 e. The predicted octanol–water partition coefficient (Wildman–Crippen LogP) is 1.83. The molecule has 1 aliphatic rings. The summed E-state index contributed by atoms with van der Waals surface area (Å²) in [6.45, 7) is 3.92. The van der Waals surface area contributed by atoms with Crippen LogP contribution in [0, 0.1) is 12.8 Å². The van der Waals surface area contributed by atoms with E-state index in [-0.39, 0.29) is 11.8 Å². The summed E-state index contributed by atoms with van der Waals surface area (Å²) in [6, 6.07) is 9.50. The van der Waals surface area contributed by atoms with Crippen molar-refractivity contribution >= 4 is 17.5 Å².